The van der Waals surface area contributed by atoms with Crippen LogP contribution in [0.3, 0.4) is 0 Å². The van der Waals surface area contributed by atoms with Crippen molar-refractivity contribution in [3.05, 3.63) is 77.0 Å². The molecule has 9 nitrogen and oxygen atoms in total. The molecule has 2 saturated heterocycles. The Bertz CT molecular complexity index is 1600. The first-order valence-electron chi connectivity index (χ1n) is 13.8. The van der Waals surface area contributed by atoms with Crippen LogP contribution in [0.4, 0.5) is 4.39 Å². The molecule has 2 fully saturated rings. The molecule has 1 atom stereocenters. The largest absolute Gasteiger partial charge is 0.465 e. The van der Waals surface area contributed by atoms with E-state index in [-0.39, 0.29) is 23.9 Å². The number of hydrogen-bond acceptors (Lipinski definition) is 8. The van der Waals surface area contributed by atoms with Gasteiger partial charge in [0.05, 0.1) is 71.8 Å². The lowest BCUT2D eigenvalue weighted by Gasteiger charge is -2.33. The molecule has 2 aliphatic rings. The third kappa shape index (κ3) is 5.86. The van der Waals surface area contributed by atoms with Crippen LogP contribution in [0.5, 0.6) is 0 Å². The number of likely N-dealkylation sites (tertiary alicyclic amines) is 1. The maximum Gasteiger partial charge on any atom is 0.337 e. The fourth-order valence-electron chi connectivity index (χ4n) is 5.47. The first-order chi connectivity index (χ1) is 20.0. The molecule has 4 heterocycles. The number of benzene rings is 2. The van der Waals surface area contributed by atoms with Gasteiger partial charge in [-0.3, -0.25) is 9.58 Å². The van der Waals surface area contributed by atoms with Crippen molar-refractivity contribution < 1.29 is 18.7 Å². The highest BCUT2D eigenvalue weighted by Crippen LogP contribution is 2.31. The lowest BCUT2D eigenvalue weighted by molar-refractivity contribution is -0.0592. The summed E-state index contributed by atoms with van der Waals surface area (Å²) in [6.45, 7) is 4.00. The van der Waals surface area contributed by atoms with Crippen molar-refractivity contribution in [3.8, 4) is 6.07 Å². The smallest absolute Gasteiger partial charge is 0.337 e. The van der Waals surface area contributed by atoms with Crippen molar-refractivity contribution in [2.75, 3.05) is 26.8 Å². The second kappa shape index (κ2) is 12.0. The van der Waals surface area contributed by atoms with Crippen LogP contribution in [0, 0.1) is 17.1 Å². The van der Waals surface area contributed by atoms with Crippen molar-refractivity contribution in [2.24, 2.45) is 0 Å². The van der Waals surface area contributed by atoms with Crippen LogP contribution in [-0.4, -0.2) is 63.1 Å². The zero-order chi connectivity index (χ0) is 28.3. The van der Waals surface area contributed by atoms with Gasteiger partial charge in [-0.05, 0) is 61.2 Å². The molecule has 2 aromatic carbocycles. The zero-order valence-corrected chi connectivity index (χ0v) is 23.6. The number of esters is 1. The standard InChI is InChI=1S/C30H31FN6O3S/c1-39-30(38)21-4-5-26-27(15-21)36(17-24-9-13-40-24)28(34-26)18-35-11-7-23(8-12-35)37-29(6-10-33-37)41-19-22-3-2-20(16-32)14-25(22)31/h2-6,10,14-15,23-24H,7-9,11-13,17-19H2,1H3/t24-/m0/s1. The summed E-state index contributed by atoms with van der Waals surface area (Å²) < 4.78 is 29.3. The average Bonchev–Trinajstić information content (AvgIpc) is 3.58. The van der Waals surface area contributed by atoms with Crippen LogP contribution in [-0.2, 0) is 28.3 Å². The predicted molar refractivity (Wildman–Crippen MR) is 152 cm³/mol. The van der Waals surface area contributed by atoms with Crippen molar-refractivity contribution in [1.82, 2.24) is 24.2 Å². The number of carbonyl (C=O) groups is 1. The number of piperidine rings is 1. The maximum atomic E-state index is 14.4. The first kappa shape index (κ1) is 27.4. The normalized spacial score (nSPS) is 17.8. The number of fused-ring (bicyclic) bond motifs is 1. The molecule has 6 rings (SSSR count). The van der Waals surface area contributed by atoms with Gasteiger partial charge in [0.1, 0.15) is 11.6 Å². The molecular formula is C30H31FN6O3S. The van der Waals surface area contributed by atoms with E-state index in [1.165, 1.54) is 13.2 Å². The Labute approximate surface area is 241 Å². The Balaban J connectivity index is 1.12. The topological polar surface area (TPSA) is 98.2 Å². The fourth-order valence-corrected chi connectivity index (χ4v) is 6.50. The summed E-state index contributed by atoms with van der Waals surface area (Å²) in [5, 5.41) is 14.6. The van der Waals surface area contributed by atoms with Crippen LogP contribution in [0.25, 0.3) is 11.0 Å². The summed E-state index contributed by atoms with van der Waals surface area (Å²) in [7, 11) is 1.39. The van der Waals surface area contributed by atoms with Gasteiger partial charge in [0.2, 0.25) is 0 Å². The second-order valence-corrected chi connectivity index (χ2v) is 11.4. The van der Waals surface area contributed by atoms with E-state index >= 15 is 0 Å². The van der Waals surface area contributed by atoms with Gasteiger partial charge >= 0.3 is 5.97 Å². The number of hydrogen-bond donors (Lipinski definition) is 0. The maximum absolute atomic E-state index is 14.4. The van der Waals surface area contributed by atoms with Crippen LogP contribution in [0.15, 0.2) is 53.7 Å². The molecule has 0 bridgehead atoms. The summed E-state index contributed by atoms with van der Waals surface area (Å²) in [4.78, 5) is 19.5. The highest BCUT2D eigenvalue weighted by molar-refractivity contribution is 7.98. The molecule has 11 heteroatoms. The van der Waals surface area contributed by atoms with E-state index in [0.29, 0.717) is 35.5 Å². The molecule has 2 aliphatic heterocycles. The molecule has 0 N–H and O–H groups in total. The number of aromatic nitrogens is 4. The number of imidazole rings is 1. The molecule has 0 unspecified atom stereocenters. The first-order valence-corrected chi connectivity index (χ1v) is 14.8. The van der Waals surface area contributed by atoms with Crippen LogP contribution in [0.1, 0.15) is 52.6 Å². The summed E-state index contributed by atoms with van der Waals surface area (Å²) in [6, 6.07) is 14.3. The SMILES string of the molecule is COC(=O)c1ccc2nc(CN3CCC(n4nccc4SCc4ccc(C#N)cc4F)CC3)n(C[C@@H]3CCO3)c2c1. The third-order valence-corrected chi connectivity index (χ3v) is 8.96. The van der Waals surface area contributed by atoms with E-state index < -0.39 is 0 Å². The van der Waals surface area contributed by atoms with E-state index in [9.17, 15) is 9.18 Å². The summed E-state index contributed by atoms with van der Waals surface area (Å²) >= 11 is 1.56. The minimum absolute atomic E-state index is 0.159. The van der Waals surface area contributed by atoms with Crippen LogP contribution < -0.4 is 0 Å². The van der Waals surface area contributed by atoms with E-state index in [0.717, 1.165) is 60.8 Å². The van der Waals surface area contributed by atoms with E-state index in [2.05, 4.69) is 19.2 Å². The summed E-state index contributed by atoms with van der Waals surface area (Å²) in [5.74, 6) is 0.727. The molecule has 0 spiro atoms. The van der Waals surface area contributed by atoms with Crippen molar-refractivity contribution in [3.63, 3.8) is 0 Å². The molecule has 0 radical (unpaired) electrons. The van der Waals surface area contributed by atoms with Gasteiger partial charge < -0.3 is 14.0 Å². The highest BCUT2D eigenvalue weighted by atomic mass is 32.2. The number of ether oxygens (including phenoxy) is 2. The Morgan fingerprint density at radius 2 is 2.02 bits per heavy atom. The van der Waals surface area contributed by atoms with E-state index in [1.807, 2.05) is 24.3 Å². The number of nitrogens with zero attached hydrogens (tertiary/aromatic N) is 6. The molecule has 41 heavy (non-hydrogen) atoms. The monoisotopic (exact) mass is 574 g/mol. The minimum atomic E-state index is -0.360. The Hall–Kier alpha value is -3.72. The van der Waals surface area contributed by atoms with Crippen LogP contribution >= 0.6 is 11.8 Å². The number of thioether (sulfide) groups is 1. The van der Waals surface area contributed by atoms with Crippen molar-refractivity contribution in [1.29, 1.82) is 5.26 Å². The molecule has 0 aliphatic carbocycles. The number of halogens is 1. The van der Waals surface area contributed by atoms with Gasteiger partial charge in [0.15, 0.2) is 0 Å². The molecule has 212 valence electrons. The molecular weight excluding hydrogens is 543 g/mol. The van der Waals surface area contributed by atoms with Gasteiger partial charge in [-0.2, -0.15) is 10.4 Å². The van der Waals surface area contributed by atoms with Crippen LogP contribution in [0.2, 0.25) is 0 Å². The van der Waals surface area contributed by atoms with Crippen molar-refractivity contribution in [2.45, 2.75) is 55.3 Å². The fraction of sp³-hybridized carbons (Fsp3) is 0.400. The molecule has 4 aromatic rings. The second-order valence-electron chi connectivity index (χ2n) is 10.4. The summed E-state index contributed by atoms with van der Waals surface area (Å²) in [6.07, 6.45) is 4.87. The van der Waals surface area contributed by atoms with Gasteiger partial charge in [0.25, 0.3) is 0 Å². The third-order valence-electron chi connectivity index (χ3n) is 7.89. The van der Waals surface area contributed by atoms with Crippen molar-refractivity contribution >= 4 is 28.8 Å². The number of rotatable bonds is 9. The lowest BCUT2D eigenvalue weighted by Crippen LogP contribution is -2.36. The zero-order valence-electron chi connectivity index (χ0n) is 22.8. The Morgan fingerprint density at radius 3 is 2.73 bits per heavy atom. The number of nitriles is 1. The molecule has 2 aromatic heterocycles. The number of carbonyl (C=O) groups excluding carboxylic acids is 1. The van der Waals surface area contributed by atoms with Gasteiger partial charge in [-0.15, -0.1) is 11.8 Å². The molecule has 0 amide bonds. The van der Waals surface area contributed by atoms with Gasteiger partial charge in [-0.25, -0.2) is 14.2 Å². The molecule has 0 saturated carbocycles. The van der Waals surface area contributed by atoms with E-state index in [1.54, 1.807) is 36.2 Å². The Kier molecular flexibility index (Phi) is 8.05. The highest BCUT2D eigenvalue weighted by Gasteiger charge is 2.26. The van der Waals surface area contributed by atoms with E-state index in [4.69, 9.17) is 19.7 Å². The minimum Gasteiger partial charge on any atom is -0.465 e. The summed E-state index contributed by atoms with van der Waals surface area (Å²) in [5.41, 5.74) is 3.19. The average molecular weight is 575 g/mol. The number of methoxy groups -OCH3 is 1. The Morgan fingerprint density at radius 1 is 1.20 bits per heavy atom. The quantitative estimate of drug-likeness (QED) is 0.205. The van der Waals surface area contributed by atoms with Gasteiger partial charge in [0, 0.05) is 25.4 Å². The predicted octanol–water partition coefficient (Wildman–Crippen LogP) is 4.95. The van der Waals surface area contributed by atoms with Gasteiger partial charge in [-0.1, -0.05) is 6.07 Å². The lowest BCUT2D eigenvalue weighted by atomic mass is 10.1.